The molecule has 2 atom stereocenters. The molecule has 6 heteroatoms. The van der Waals surface area contributed by atoms with Gasteiger partial charge in [0.2, 0.25) is 0 Å². The third-order valence-electron chi connectivity index (χ3n) is 15.2. The van der Waals surface area contributed by atoms with Gasteiger partial charge in [-0.05, 0) is 25.2 Å². The van der Waals surface area contributed by atoms with Crippen molar-refractivity contribution in [1.29, 1.82) is 0 Å². The van der Waals surface area contributed by atoms with Gasteiger partial charge in [-0.3, -0.25) is 14.4 Å². The molecule has 0 spiro atoms. The van der Waals surface area contributed by atoms with Crippen molar-refractivity contribution < 1.29 is 28.6 Å². The molecule has 0 heterocycles. The van der Waals surface area contributed by atoms with E-state index in [0.29, 0.717) is 19.3 Å². The number of hydrogen-bond acceptors (Lipinski definition) is 6. The first kappa shape index (κ1) is 68.4. The van der Waals surface area contributed by atoms with E-state index in [1.165, 1.54) is 263 Å². The van der Waals surface area contributed by atoms with Crippen molar-refractivity contribution in [3.05, 3.63) is 0 Å². The average Bonchev–Trinajstić information content (AvgIpc) is 3.36. The number of ether oxygens (including phenoxy) is 3. The summed E-state index contributed by atoms with van der Waals surface area (Å²) in [7, 11) is 0. The zero-order chi connectivity index (χ0) is 50.9. The lowest BCUT2D eigenvalue weighted by Crippen LogP contribution is -2.30. The summed E-state index contributed by atoms with van der Waals surface area (Å²) in [5.41, 5.74) is 0. The number of rotatable bonds is 59. The third-order valence-corrected chi connectivity index (χ3v) is 15.2. The summed E-state index contributed by atoms with van der Waals surface area (Å²) in [5, 5.41) is 0. The molecule has 0 N–H and O–H groups in total. The molecule has 0 bridgehead atoms. The molecule has 6 nitrogen and oxygen atoms in total. The molecule has 0 aliphatic carbocycles. The van der Waals surface area contributed by atoms with Gasteiger partial charge >= 0.3 is 17.9 Å². The Morgan fingerprint density at radius 2 is 0.500 bits per heavy atom. The number of esters is 3. The third kappa shape index (κ3) is 55.7. The van der Waals surface area contributed by atoms with Crippen molar-refractivity contribution in [2.24, 2.45) is 5.92 Å². The molecule has 0 aliphatic rings. The van der Waals surface area contributed by atoms with Gasteiger partial charge in [0, 0.05) is 19.3 Å². The predicted molar refractivity (Wildman–Crippen MR) is 303 cm³/mol. The van der Waals surface area contributed by atoms with Gasteiger partial charge in [-0.2, -0.15) is 0 Å². The zero-order valence-corrected chi connectivity index (χ0v) is 48.0. The zero-order valence-electron chi connectivity index (χ0n) is 48.0. The van der Waals surface area contributed by atoms with Crippen LogP contribution in [0.4, 0.5) is 0 Å². The molecule has 0 radical (unpaired) electrons. The Balaban J connectivity index is 4.20. The van der Waals surface area contributed by atoms with E-state index >= 15 is 0 Å². The van der Waals surface area contributed by atoms with Crippen LogP contribution in [0.3, 0.4) is 0 Å². The minimum absolute atomic E-state index is 0.0613. The average molecular weight is 990 g/mol. The van der Waals surface area contributed by atoms with Crippen LogP contribution in [-0.2, 0) is 28.6 Å². The van der Waals surface area contributed by atoms with Gasteiger partial charge in [-0.25, -0.2) is 0 Å². The highest BCUT2D eigenvalue weighted by atomic mass is 16.6. The summed E-state index contributed by atoms with van der Waals surface area (Å²) in [5.74, 6) is 0.0811. The smallest absolute Gasteiger partial charge is 0.306 e. The molecule has 0 aromatic carbocycles. The Bertz CT molecular complexity index is 1060. The topological polar surface area (TPSA) is 78.9 Å². The van der Waals surface area contributed by atoms with E-state index in [9.17, 15) is 14.4 Å². The number of hydrogen-bond donors (Lipinski definition) is 0. The summed E-state index contributed by atoms with van der Waals surface area (Å²) in [4.78, 5) is 38.2. The summed E-state index contributed by atoms with van der Waals surface area (Å²) in [6.45, 7) is 9.12. The second-order valence-electron chi connectivity index (χ2n) is 22.3. The fraction of sp³-hybridized carbons (Fsp3) is 0.953. The van der Waals surface area contributed by atoms with Crippen LogP contribution in [0.5, 0.6) is 0 Å². The number of carbonyl (C=O) groups is 3. The molecule has 0 aromatic heterocycles. The van der Waals surface area contributed by atoms with Gasteiger partial charge in [0.15, 0.2) is 6.10 Å². The maximum absolute atomic E-state index is 12.9. The van der Waals surface area contributed by atoms with Crippen LogP contribution in [-0.4, -0.2) is 37.2 Å². The van der Waals surface area contributed by atoms with E-state index in [-0.39, 0.29) is 31.1 Å². The van der Waals surface area contributed by atoms with Gasteiger partial charge in [-0.1, -0.05) is 329 Å². The standard InChI is InChI=1S/C64H124O6/c1-5-8-10-12-14-16-18-20-21-22-26-29-32-36-39-43-47-51-55-62(65)68-58-61(70-64(67)57-53-49-45-41-35-19-17-15-13-11-9-6-2)59-69-63(66)56-52-48-44-40-37-33-30-27-24-23-25-28-31-34-38-42-46-50-54-60(4)7-3/h60-61H,5-59H2,1-4H3/t60?,61-/m1/s1. The van der Waals surface area contributed by atoms with Crippen LogP contribution in [0.25, 0.3) is 0 Å². The fourth-order valence-corrected chi connectivity index (χ4v) is 9.95. The molecule has 0 aliphatic heterocycles. The summed E-state index contributed by atoms with van der Waals surface area (Å²) in [6, 6.07) is 0. The van der Waals surface area contributed by atoms with E-state index in [2.05, 4.69) is 27.7 Å². The molecule has 0 aromatic rings. The quantitative estimate of drug-likeness (QED) is 0.0343. The van der Waals surface area contributed by atoms with Crippen molar-refractivity contribution in [2.45, 2.75) is 374 Å². The van der Waals surface area contributed by atoms with Crippen LogP contribution >= 0.6 is 0 Å². The molecule has 1 unspecified atom stereocenters. The molecule has 0 rings (SSSR count). The van der Waals surface area contributed by atoms with Gasteiger partial charge < -0.3 is 14.2 Å². The second kappa shape index (κ2) is 58.3. The van der Waals surface area contributed by atoms with Crippen molar-refractivity contribution >= 4 is 17.9 Å². The maximum atomic E-state index is 12.9. The summed E-state index contributed by atoms with van der Waals surface area (Å²) in [6.07, 6.45) is 65.3. The molecule has 70 heavy (non-hydrogen) atoms. The van der Waals surface area contributed by atoms with Gasteiger partial charge in [-0.15, -0.1) is 0 Å². The van der Waals surface area contributed by atoms with Crippen LogP contribution in [0.2, 0.25) is 0 Å². The lowest BCUT2D eigenvalue weighted by atomic mass is 9.99. The normalized spacial score (nSPS) is 12.3. The molecule has 0 saturated carbocycles. The van der Waals surface area contributed by atoms with E-state index < -0.39 is 6.10 Å². The number of carbonyl (C=O) groups excluding carboxylic acids is 3. The maximum Gasteiger partial charge on any atom is 0.306 e. The van der Waals surface area contributed by atoms with Crippen molar-refractivity contribution in [3.63, 3.8) is 0 Å². The first-order chi connectivity index (χ1) is 34.4. The first-order valence-corrected chi connectivity index (χ1v) is 31.9. The van der Waals surface area contributed by atoms with E-state index in [1.54, 1.807) is 0 Å². The van der Waals surface area contributed by atoms with E-state index in [0.717, 1.165) is 63.7 Å². The first-order valence-electron chi connectivity index (χ1n) is 31.9. The van der Waals surface area contributed by atoms with Gasteiger partial charge in [0.1, 0.15) is 13.2 Å². The Kier molecular flexibility index (Phi) is 57.0. The highest BCUT2D eigenvalue weighted by Crippen LogP contribution is 2.19. The highest BCUT2D eigenvalue weighted by Gasteiger charge is 2.19. The molecular weight excluding hydrogens is 865 g/mol. The second-order valence-corrected chi connectivity index (χ2v) is 22.3. The fourth-order valence-electron chi connectivity index (χ4n) is 9.95. The number of unbranched alkanes of at least 4 members (excludes halogenated alkanes) is 45. The van der Waals surface area contributed by atoms with Crippen molar-refractivity contribution in [1.82, 2.24) is 0 Å². The largest absolute Gasteiger partial charge is 0.462 e. The highest BCUT2D eigenvalue weighted by molar-refractivity contribution is 5.71. The minimum atomic E-state index is -0.762. The van der Waals surface area contributed by atoms with E-state index in [4.69, 9.17) is 14.2 Å². The van der Waals surface area contributed by atoms with Crippen molar-refractivity contribution in [3.8, 4) is 0 Å². The van der Waals surface area contributed by atoms with E-state index in [1.807, 2.05) is 0 Å². The SMILES string of the molecule is CCCCCCCCCCCCCCCCCCCCC(=O)OC[C@H](COC(=O)CCCCCCCCCCCCCCCCCCCCC(C)CC)OC(=O)CCCCCCCCCCCCCC. The summed E-state index contributed by atoms with van der Waals surface area (Å²) >= 11 is 0. The Morgan fingerprint density at radius 3 is 0.743 bits per heavy atom. The Labute approximate surface area is 438 Å². The lowest BCUT2D eigenvalue weighted by molar-refractivity contribution is -0.167. The minimum Gasteiger partial charge on any atom is -0.462 e. The molecule has 0 amide bonds. The van der Waals surface area contributed by atoms with Gasteiger partial charge in [0.05, 0.1) is 0 Å². The van der Waals surface area contributed by atoms with Crippen molar-refractivity contribution in [2.75, 3.05) is 13.2 Å². The molecule has 0 saturated heterocycles. The van der Waals surface area contributed by atoms with Crippen LogP contribution in [0.1, 0.15) is 368 Å². The summed E-state index contributed by atoms with van der Waals surface area (Å²) < 4.78 is 16.9. The monoisotopic (exact) mass is 989 g/mol. The predicted octanol–water partition coefficient (Wildman–Crippen LogP) is 21.4. The van der Waals surface area contributed by atoms with Crippen LogP contribution in [0, 0.1) is 5.92 Å². The van der Waals surface area contributed by atoms with Crippen LogP contribution in [0.15, 0.2) is 0 Å². The lowest BCUT2D eigenvalue weighted by Gasteiger charge is -2.18. The Hall–Kier alpha value is -1.59. The molecular formula is C64H124O6. The molecule has 416 valence electrons. The Morgan fingerprint density at radius 1 is 0.286 bits per heavy atom. The van der Waals surface area contributed by atoms with Crippen LogP contribution < -0.4 is 0 Å². The molecule has 0 fully saturated rings. The van der Waals surface area contributed by atoms with Gasteiger partial charge in [0.25, 0.3) is 0 Å².